The molecule has 0 aliphatic rings. The first-order valence-electron chi connectivity index (χ1n) is 4.72. The van der Waals surface area contributed by atoms with Gasteiger partial charge in [-0.1, -0.05) is 13.8 Å². The van der Waals surface area contributed by atoms with Crippen LogP contribution < -0.4 is 5.73 Å². The highest BCUT2D eigenvalue weighted by Gasteiger charge is 2.21. The molecule has 0 saturated heterocycles. The number of rotatable bonds is 4. The van der Waals surface area contributed by atoms with Crippen molar-refractivity contribution in [2.24, 2.45) is 11.7 Å². The van der Waals surface area contributed by atoms with Gasteiger partial charge in [-0.2, -0.15) is 0 Å². The van der Waals surface area contributed by atoms with E-state index in [0.717, 1.165) is 0 Å². The second kappa shape index (κ2) is 4.37. The van der Waals surface area contributed by atoms with Crippen LogP contribution in [0.4, 0.5) is 0 Å². The summed E-state index contributed by atoms with van der Waals surface area (Å²) in [7, 11) is 0. The van der Waals surface area contributed by atoms with Gasteiger partial charge in [0.2, 0.25) is 5.78 Å². The maximum absolute atomic E-state index is 11.7. The first-order chi connectivity index (χ1) is 6.52. The Morgan fingerprint density at radius 1 is 1.64 bits per heavy atom. The van der Waals surface area contributed by atoms with E-state index >= 15 is 0 Å². The average Bonchev–Trinajstić information content (AvgIpc) is 2.48. The lowest BCUT2D eigenvalue weighted by atomic mass is 9.99. The van der Waals surface area contributed by atoms with E-state index in [1.807, 2.05) is 13.8 Å². The SMILES string of the molecule is Cc1ncoc1C(=O)C(N)CC(C)C. The van der Waals surface area contributed by atoms with Gasteiger partial charge in [0.05, 0.1) is 11.7 Å². The molecule has 4 heteroatoms. The van der Waals surface area contributed by atoms with Crippen LogP contribution in [0.5, 0.6) is 0 Å². The van der Waals surface area contributed by atoms with Gasteiger partial charge in [-0.15, -0.1) is 0 Å². The van der Waals surface area contributed by atoms with E-state index in [9.17, 15) is 4.79 Å². The largest absolute Gasteiger partial charge is 0.440 e. The van der Waals surface area contributed by atoms with Crippen molar-refractivity contribution in [3.8, 4) is 0 Å². The summed E-state index contributed by atoms with van der Waals surface area (Å²) >= 11 is 0. The first kappa shape index (κ1) is 10.9. The molecule has 0 bridgehead atoms. The van der Waals surface area contributed by atoms with Crippen molar-refractivity contribution < 1.29 is 9.21 Å². The van der Waals surface area contributed by atoms with E-state index in [4.69, 9.17) is 10.2 Å². The van der Waals surface area contributed by atoms with Gasteiger partial charge in [-0.3, -0.25) is 4.79 Å². The second-order valence-corrected chi connectivity index (χ2v) is 3.87. The summed E-state index contributed by atoms with van der Waals surface area (Å²) in [6.45, 7) is 5.79. The number of oxazole rings is 1. The van der Waals surface area contributed by atoms with Crippen LogP contribution in [0.15, 0.2) is 10.8 Å². The molecule has 0 radical (unpaired) electrons. The van der Waals surface area contributed by atoms with Crippen molar-refractivity contribution in [3.05, 3.63) is 17.8 Å². The lowest BCUT2D eigenvalue weighted by molar-refractivity contribution is 0.0922. The number of ketones is 1. The quantitative estimate of drug-likeness (QED) is 0.741. The number of aryl methyl sites for hydroxylation is 1. The van der Waals surface area contributed by atoms with Crippen LogP contribution in [0.2, 0.25) is 0 Å². The van der Waals surface area contributed by atoms with Crippen LogP contribution in [0.3, 0.4) is 0 Å². The fourth-order valence-corrected chi connectivity index (χ4v) is 1.32. The van der Waals surface area contributed by atoms with Crippen LogP contribution in [-0.2, 0) is 0 Å². The molecule has 14 heavy (non-hydrogen) atoms. The van der Waals surface area contributed by atoms with E-state index in [0.29, 0.717) is 18.0 Å². The molecule has 78 valence electrons. The minimum absolute atomic E-state index is 0.159. The Morgan fingerprint density at radius 3 is 2.71 bits per heavy atom. The molecular weight excluding hydrogens is 180 g/mol. The molecule has 1 atom stereocenters. The number of carbonyl (C=O) groups excluding carboxylic acids is 1. The topological polar surface area (TPSA) is 69.1 Å². The van der Waals surface area contributed by atoms with Crippen molar-refractivity contribution in [2.45, 2.75) is 33.2 Å². The third kappa shape index (κ3) is 2.42. The summed E-state index contributed by atoms with van der Waals surface area (Å²) in [6, 6.07) is -0.485. The molecule has 1 aromatic rings. The maximum Gasteiger partial charge on any atom is 0.216 e. The van der Waals surface area contributed by atoms with Gasteiger partial charge in [0.1, 0.15) is 0 Å². The molecule has 4 nitrogen and oxygen atoms in total. The summed E-state index contributed by atoms with van der Waals surface area (Å²) < 4.78 is 4.99. The molecule has 0 aliphatic carbocycles. The summed E-state index contributed by atoms with van der Waals surface area (Å²) in [6.07, 6.45) is 1.93. The number of hydrogen-bond acceptors (Lipinski definition) is 4. The van der Waals surface area contributed by atoms with Crippen LogP contribution in [-0.4, -0.2) is 16.8 Å². The first-order valence-corrected chi connectivity index (χ1v) is 4.72. The Hall–Kier alpha value is -1.16. The number of nitrogens with zero attached hydrogens (tertiary/aromatic N) is 1. The molecule has 2 N–H and O–H groups in total. The van der Waals surface area contributed by atoms with Gasteiger partial charge in [-0.25, -0.2) is 4.98 Å². The van der Waals surface area contributed by atoms with Crippen molar-refractivity contribution in [1.29, 1.82) is 0 Å². The zero-order chi connectivity index (χ0) is 10.7. The normalized spacial score (nSPS) is 13.2. The fraction of sp³-hybridized carbons (Fsp3) is 0.600. The Balaban J connectivity index is 2.71. The number of carbonyl (C=O) groups is 1. The van der Waals surface area contributed by atoms with E-state index in [1.165, 1.54) is 6.39 Å². The summed E-state index contributed by atoms with van der Waals surface area (Å²) in [5.74, 6) is 0.532. The molecule has 0 saturated carbocycles. The minimum atomic E-state index is -0.485. The van der Waals surface area contributed by atoms with E-state index < -0.39 is 6.04 Å². The highest BCUT2D eigenvalue weighted by molar-refractivity contribution is 5.98. The van der Waals surface area contributed by atoms with Gasteiger partial charge in [0.15, 0.2) is 12.2 Å². The molecular formula is C10H16N2O2. The fourth-order valence-electron chi connectivity index (χ4n) is 1.32. The van der Waals surface area contributed by atoms with E-state index in [-0.39, 0.29) is 11.5 Å². The summed E-state index contributed by atoms with van der Waals surface area (Å²) in [5.41, 5.74) is 6.35. The number of hydrogen-bond donors (Lipinski definition) is 1. The zero-order valence-corrected chi connectivity index (χ0v) is 8.78. The van der Waals surface area contributed by atoms with Gasteiger partial charge < -0.3 is 10.2 Å². The Labute approximate surface area is 83.5 Å². The lowest BCUT2D eigenvalue weighted by Gasteiger charge is -2.11. The number of Topliss-reactive ketones (excluding diaryl/α,β-unsaturated/α-hetero) is 1. The predicted molar refractivity (Wildman–Crippen MR) is 53.0 cm³/mol. The standard InChI is InChI=1S/C10H16N2O2/c1-6(2)4-8(11)9(13)10-7(3)12-5-14-10/h5-6,8H,4,11H2,1-3H3. The molecule has 1 aromatic heterocycles. The minimum Gasteiger partial charge on any atom is -0.440 e. The van der Waals surface area contributed by atoms with Crippen LogP contribution in [0.25, 0.3) is 0 Å². The van der Waals surface area contributed by atoms with Crippen LogP contribution >= 0.6 is 0 Å². The Kier molecular flexibility index (Phi) is 3.41. The molecule has 1 unspecified atom stereocenters. The third-order valence-corrected chi connectivity index (χ3v) is 2.03. The van der Waals surface area contributed by atoms with E-state index in [2.05, 4.69) is 4.98 Å². The van der Waals surface area contributed by atoms with E-state index in [1.54, 1.807) is 6.92 Å². The van der Waals surface area contributed by atoms with Crippen LogP contribution in [0.1, 0.15) is 36.5 Å². The molecule has 0 aliphatic heterocycles. The molecule has 0 aromatic carbocycles. The van der Waals surface area contributed by atoms with Crippen molar-refractivity contribution >= 4 is 5.78 Å². The highest BCUT2D eigenvalue weighted by Crippen LogP contribution is 2.12. The third-order valence-electron chi connectivity index (χ3n) is 2.03. The predicted octanol–water partition coefficient (Wildman–Crippen LogP) is 1.54. The molecule has 0 spiro atoms. The van der Waals surface area contributed by atoms with Gasteiger partial charge >= 0.3 is 0 Å². The second-order valence-electron chi connectivity index (χ2n) is 3.87. The molecule has 0 fully saturated rings. The van der Waals surface area contributed by atoms with Crippen LogP contribution in [0, 0.1) is 12.8 Å². The highest BCUT2D eigenvalue weighted by atomic mass is 16.3. The number of nitrogens with two attached hydrogens (primary N) is 1. The Bertz CT molecular complexity index is 318. The smallest absolute Gasteiger partial charge is 0.216 e. The number of aromatic nitrogens is 1. The summed E-state index contributed by atoms with van der Waals surface area (Å²) in [4.78, 5) is 15.6. The molecule has 1 rings (SSSR count). The zero-order valence-electron chi connectivity index (χ0n) is 8.78. The average molecular weight is 196 g/mol. The van der Waals surface area contributed by atoms with Gasteiger partial charge in [0.25, 0.3) is 0 Å². The van der Waals surface area contributed by atoms with Gasteiger partial charge in [-0.05, 0) is 19.3 Å². The van der Waals surface area contributed by atoms with Crippen molar-refractivity contribution in [1.82, 2.24) is 4.98 Å². The molecule has 1 heterocycles. The molecule has 0 amide bonds. The van der Waals surface area contributed by atoms with Gasteiger partial charge in [0, 0.05) is 0 Å². The Morgan fingerprint density at radius 2 is 2.29 bits per heavy atom. The van der Waals surface area contributed by atoms with Crippen molar-refractivity contribution in [2.75, 3.05) is 0 Å². The maximum atomic E-state index is 11.7. The summed E-state index contributed by atoms with van der Waals surface area (Å²) in [5, 5.41) is 0. The van der Waals surface area contributed by atoms with Crippen molar-refractivity contribution in [3.63, 3.8) is 0 Å². The lowest BCUT2D eigenvalue weighted by Crippen LogP contribution is -2.32. The monoisotopic (exact) mass is 196 g/mol.